The Labute approximate surface area is 117 Å². The number of nitrogens with two attached hydrogens (primary N) is 1. The van der Waals surface area contributed by atoms with Crippen LogP contribution in [0.4, 0.5) is 0 Å². The zero-order chi connectivity index (χ0) is 14.7. The normalized spacial score (nSPS) is 17.9. The first kappa shape index (κ1) is 14.3. The van der Waals surface area contributed by atoms with E-state index >= 15 is 0 Å². The molecule has 1 aromatic rings. The molecule has 6 heteroatoms. The highest BCUT2D eigenvalue weighted by Crippen LogP contribution is 2.22. The molecule has 1 aromatic carbocycles. The first-order valence-electron chi connectivity index (χ1n) is 6.58. The molecule has 2 amide bonds. The van der Waals surface area contributed by atoms with Crippen LogP contribution in [0.3, 0.4) is 0 Å². The minimum atomic E-state index is -0.558. The van der Waals surface area contributed by atoms with E-state index in [1.165, 1.54) is 11.0 Å². The van der Waals surface area contributed by atoms with Crippen molar-refractivity contribution in [1.29, 1.82) is 0 Å². The van der Waals surface area contributed by atoms with Crippen molar-refractivity contribution in [2.45, 2.75) is 19.4 Å². The van der Waals surface area contributed by atoms with E-state index in [1.807, 2.05) is 6.92 Å². The average molecular weight is 277 g/mol. The number of phenols is 1. The van der Waals surface area contributed by atoms with Gasteiger partial charge in [-0.1, -0.05) is 6.07 Å². The third-order valence-electron chi connectivity index (χ3n) is 3.45. The summed E-state index contributed by atoms with van der Waals surface area (Å²) in [5, 5.41) is 13.1. The van der Waals surface area contributed by atoms with Gasteiger partial charge in [0.2, 0.25) is 5.91 Å². The standard InChI is InChI=1S/C14H19N3O3/c1-9-2-3-11(12(18)6-9)14(20)17(8-13(15)19)10-4-5-16-7-10/h2-3,6,10,16,18H,4-5,7-8H2,1H3,(H2,15,19). The largest absolute Gasteiger partial charge is 0.507 e. The SMILES string of the molecule is Cc1ccc(C(=O)N(CC(N)=O)C2CCNC2)c(O)c1. The number of carbonyl (C=O) groups is 2. The molecule has 0 bridgehead atoms. The number of primary amides is 1. The van der Waals surface area contributed by atoms with Crippen molar-refractivity contribution in [2.75, 3.05) is 19.6 Å². The lowest BCUT2D eigenvalue weighted by Gasteiger charge is -2.27. The van der Waals surface area contributed by atoms with Gasteiger partial charge >= 0.3 is 0 Å². The molecular formula is C14H19N3O3. The van der Waals surface area contributed by atoms with Crippen LogP contribution < -0.4 is 11.1 Å². The summed E-state index contributed by atoms with van der Waals surface area (Å²) in [6.45, 7) is 3.12. The summed E-state index contributed by atoms with van der Waals surface area (Å²) in [5.41, 5.74) is 6.29. The maximum Gasteiger partial charge on any atom is 0.258 e. The van der Waals surface area contributed by atoms with E-state index in [9.17, 15) is 14.7 Å². The van der Waals surface area contributed by atoms with Crippen LogP contribution in [0, 0.1) is 6.92 Å². The van der Waals surface area contributed by atoms with Crippen molar-refractivity contribution in [3.8, 4) is 5.75 Å². The Morgan fingerprint density at radius 1 is 1.50 bits per heavy atom. The van der Waals surface area contributed by atoms with Crippen molar-refractivity contribution in [1.82, 2.24) is 10.2 Å². The van der Waals surface area contributed by atoms with Crippen LogP contribution in [-0.4, -0.2) is 47.5 Å². The highest BCUT2D eigenvalue weighted by Gasteiger charge is 2.29. The molecule has 1 atom stereocenters. The van der Waals surface area contributed by atoms with Gasteiger partial charge in [0.1, 0.15) is 5.75 Å². The number of carbonyl (C=O) groups excluding carboxylic acids is 2. The zero-order valence-corrected chi connectivity index (χ0v) is 11.4. The van der Waals surface area contributed by atoms with Crippen LogP contribution in [0.2, 0.25) is 0 Å². The molecule has 1 fully saturated rings. The minimum absolute atomic E-state index is 0.0734. The number of phenolic OH excluding ortho intramolecular Hbond substituents is 1. The van der Waals surface area contributed by atoms with Gasteiger partial charge in [0.15, 0.2) is 0 Å². The maximum atomic E-state index is 12.5. The smallest absolute Gasteiger partial charge is 0.258 e. The fourth-order valence-corrected chi connectivity index (χ4v) is 2.42. The molecule has 0 saturated carbocycles. The summed E-state index contributed by atoms with van der Waals surface area (Å²) < 4.78 is 0. The molecule has 2 rings (SSSR count). The predicted molar refractivity (Wildman–Crippen MR) is 74.3 cm³/mol. The molecule has 1 heterocycles. The Morgan fingerprint density at radius 3 is 2.80 bits per heavy atom. The number of aryl methyl sites for hydroxylation is 1. The number of aromatic hydroxyl groups is 1. The van der Waals surface area contributed by atoms with Gasteiger partial charge in [-0.3, -0.25) is 9.59 Å². The van der Waals surface area contributed by atoms with Gasteiger partial charge in [0.05, 0.1) is 12.1 Å². The average Bonchev–Trinajstić information content (AvgIpc) is 2.88. The minimum Gasteiger partial charge on any atom is -0.507 e. The Balaban J connectivity index is 2.27. The lowest BCUT2D eigenvalue weighted by Crippen LogP contribution is -2.46. The Hall–Kier alpha value is -2.08. The van der Waals surface area contributed by atoms with Gasteiger partial charge in [-0.05, 0) is 37.6 Å². The van der Waals surface area contributed by atoms with Crippen LogP contribution >= 0.6 is 0 Å². The van der Waals surface area contributed by atoms with Crippen LogP contribution in [0.15, 0.2) is 18.2 Å². The first-order valence-corrected chi connectivity index (χ1v) is 6.58. The van der Waals surface area contributed by atoms with E-state index < -0.39 is 5.91 Å². The number of amides is 2. The van der Waals surface area contributed by atoms with E-state index in [0.29, 0.717) is 6.54 Å². The molecule has 0 aliphatic carbocycles. The highest BCUT2D eigenvalue weighted by atomic mass is 16.3. The second-order valence-electron chi connectivity index (χ2n) is 5.07. The van der Waals surface area contributed by atoms with Gasteiger partial charge in [0.25, 0.3) is 5.91 Å². The molecule has 1 aliphatic heterocycles. The van der Waals surface area contributed by atoms with Crippen molar-refractivity contribution in [2.24, 2.45) is 5.73 Å². The summed E-state index contributed by atoms with van der Waals surface area (Å²) in [6, 6.07) is 4.78. The van der Waals surface area contributed by atoms with Crippen LogP contribution in [0.1, 0.15) is 22.3 Å². The van der Waals surface area contributed by atoms with E-state index in [2.05, 4.69) is 5.32 Å². The zero-order valence-electron chi connectivity index (χ0n) is 11.4. The molecule has 1 aliphatic rings. The third-order valence-corrected chi connectivity index (χ3v) is 3.45. The van der Waals surface area contributed by atoms with Crippen molar-refractivity contribution in [3.05, 3.63) is 29.3 Å². The summed E-state index contributed by atoms with van der Waals surface area (Å²) in [4.78, 5) is 25.2. The molecule has 0 aromatic heterocycles. The molecule has 1 saturated heterocycles. The number of rotatable bonds is 4. The van der Waals surface area contributed by atoms with E-state index in [0.717, 1.165) is 18.5 Å². The summed E-state index contributed by atoms with van der Waals surface area (Å²) in [5.74, 6) is -0.998. The molecule has 20 heavy (non-hydrogen) atoms. The Kier molecular flexibility index (Phi) is 4.24. The van der Waals surface area contributed by atoms with E-state index in [-0.39, 0.29) is 29.8 Å². The maximum absolute atomic E-state index is 12.5. The molecule has 108 valence electrons. The third kappa shape index (κ3) is 3.08. The number of benzene rings is 1. The predicted octanol–water partition coefficient (Wildman–Crippen LogP) is -0.00998. The lowest BCUT2D eigenvalue weighted by atomic mass is 10.1. The lowest BCUT2D eigenvalue weighted by molar-refractivity contribution is -0.119. The van der Waals surface area contributed by atoms with Gasteiger partial charge < -0.3 is 21.1 Å². The van der Waals surface area contributed by atoms with Gasteiger partial charge in [-0.15, -0.1) is 0 Å². The topological polar surface area (TPSA) is 95.7 Å². The van der Waals surface area contributed by atoms with Gasteiger partial charge in [-0.2, -0.15) is 0 Å². The van der Waals surface area contributed by atoms with Crippen molar-refractivity contribution in [3.63, 3.8) is 0 Å². The molecule has 1 unspecified atom stereocenters. The summed E-state index contributed by atoms with van der Waals surface area (Å²) in [7, 11) is 0. The Bertz CT molecular complexity index is 524. The van der Waals surface area contributed by atoms with Gasteiger partial charge in [-0.25, -0.2) is 0 Å². The molecular weight excluding hydrogens is 258 g/mol. The first-order chi connectivity index (χ1) is 9.49. The number of hydrogen-bond acceptors (Lipinski definition) is 4. The van der Waals surface area contributed by atoms with Crippen LogP contribution in [-0.2, 0) is 4.79 Å². The fourth-order valence-electron chi connectivity index (χ4n) is 2.42. The van der Waals surface area contributed by atoms with Crippen LogP contribution in [0.5, 0.6) is 5.75 Å². The molecule has 0 radical (unpaired) electrons. The monoisotopic (exact) mass is 277 g/mol. The second kappa shape index (κ2) is 5.92. The second-order valence-corrected chi connectivity index (χ2v) is 5.07. The fraction of sp³-hybridized carbons (Fsp3) is 0.429. The van der Waals surface area contributed by atoms with Gasteiger partial charge in [0, 0.05) is 12.6 Å². The van der Waals surface area contributed by atoms with E-state index in [4.69, 9.17) is 5.73 Å². The summed E-state index contributed by atoms with van der Waals surface area (Å²) >= 11 is 0. The molecule has 0 spiro atoms. The number of hydrogen-bond donors (Lipinski definition) is 3. The van der Waals surface area contributed by atoms with Crippen LogP contribution in [0.25, 0.3) is 0 Å². The summed E-state index contributed by atoms with van der Waals surface area (Å²) in [6.07, 6.45) is 0.769. The quantitative estimate of drug-likeness (QED) is 0.721. The van der Waals surface area contributed by atoms with Crippen molar-refractivity contribution >= 4 is 11.8 Å². The highest BCUT2D eigenvalue weighted by molar-refractivity contribution is 5.98. The van der Waals surface area contributed by atoms with Crippen molar-refractivity contribution < 1.29 is 14.7 Å². The number of nitrogens with zero attached hydrogens (tertiary/aromatic N) is 1. The molecule has 6 nitrogen and oxygen atoms in total. The number of nitrogens with one attached hydrogen (secondary N) is 1. The van der Waals surface area contributed by atoms with E-state index in [1.54, 1.807) is 12.1 Å². The molecule has 4 N–H and O–H groups in total. The Morgan fingerprint density at radius 2 is 2.25 bits per heavy atom.